The molecule has 2 aromatic carbocycles. The third kappa shape index (κ3) is 1.97. The molecule has 2 heterocycles. The van der Waals surface area contributed by atoms with Crippen molar-refractivity contribution in [1.29, 1.82) is 0 Å². The van der Waals surface area contributed by atoms with Crippen LogP contribution in [0.1, 0.15) is 22.8 Å². The maximum atomic E-state index is 13.8. The maximum Gasteiger partial charge on any atom is 0.332 e. The van der Waals surface area contributed by atoms with E-state index in [1.54, 1.807) is 37.3 Å². The Bertz CT molecular complexity index is 967. The molecule has 0 N–H and O–H groups in total. The zero-order chi connectivity index (χ0) is 17.8. The van der Waals surface area contributed by atoms with Crippen molar-refractivity contribution in [2.75, 3.05) is 4.90 Å². The van der Waals surface area contributed by atoms with Crippen molar-refractivity contribution in [3.8, 4) is 0 Å². The highest BCUT2D eigenvalue weighted by Crippen LogP contribution is 2.45. The number of carbonyl (C=O) groups excluding carboxylic acids is 3. The quantitative estimate of drug-likeness (QED) is 0.593. The van der Waals surface area contributed by atoms with Crippen LogP contribution in [0.25, 0.3) is 0 Å². The van der Waals surface area contributed by atoms with Crippen LogP contribution in [0.4, 0.5) is 10.1 Å². The van der Waals surface area contributed by atoms with Gasteiger partial charge >= 0.3 is 5.97 Å². The van der Waals surface area contributed by atoms with Gasteiger partial charge in [0, 0.05) is 11.6 Å². The van der Waals surface area contributed by atoms with Gasteiger partial charge in [-0.3, -0.25) is 9.59 Å². The summed E-state index contributed by atoms with van der Waals surface area (Å²) in [5, 5.41) is 0. The lowest BCUT2D eigenvalue weighted by atomic mass is 9.80. The molecule has 0 aliphatic carbocycles. The van der Waals surface area contributed by atoms with Crippen LogP contribution in [-0.4, -0.2) is 17.8 Å². The number of esters is 1. The summed E-state index contributed by atoms with van der Waals surface area (Å²) >= 11 is 0. The van der Waals surface area contributed by atoms with Crippen molar-refractivity contribution < 1.29 is 23.5 Å². The number of para-hydroxylation sites is 1. The Labute approximate surface area is 142 Å². The van der Waals surface area contributed by atoms with E-state index in [2.05, 4.69) is 0 Å². The van der Waals surface area contributed by atoms with Crippen LogP contribution in [0.15, 0.2) is 60.2 Å². The van der Waals surface area contributed by atoms with Crippen molar-refractivity contribution >= 4 is 23.5 Å². The second kappa shape index (κ2) is 5.11. The number of amides is 2. The molecule has 6 heteroatoms. The van der Waals surface area contributed by atoms with Gasteiger partial charge in [0.1, 0.15) is 5.82 Å². The molecule has 1 atom stereocenters. The molecular formula is C19H12FNO4. The van der Waals surface area contributed by atoms with E-state index < -0.39 is 29.2 Å². The SMILES string of the molecule is CC1=CC(=O)OC12C(=O)N(c1ccccc1)C(=O)c1cc(F)ccc12. The van der Waals surface area contributed by atoms with Gasteiger partial charge in [-0.05, 0) is 36.8 Å². The molecule has 0 saturated carbocycles. The largest absolute Gasteiger partial charge is 0.436 e. The monoisotopic (exact) mass is 337 g/mol. The molecule has 2 amide bonds. The van der Waals surface area contributed by atoms with Gasteiger partial charge < -0.3 is 4.74 Å². The van der Waals surface area contributed by atoms with Gasteiger partial charge in [0.05, 0.1) is 11.3 Å². The first-order valence-corrected chi connectivity index (χ1v) is 7.61. The van der Waals surface area contributed by atoms with E-state index in [0.717, 1.165) is 17.0 Å². The molecule has 1 unspecified atom stereocenters. The molecule has 0 bridgehead atoms. The summed E-state index contributed by atoms with van der Waals surface area (Å²) in [6.07, 6.45) is 1.21. The number of rotatable bonds is 1. The van der Waals surface area contributed by atoms with Gasteiger partial charge in [0.15, 0.2) is 0 Å². The summed E-state index contributed by atoms with van der Waals surface area (Å²) in [5.74, 6) is -2.64. The summed E-state index contributed by atoms with van der Waals surface area (Å²) in [4.78, 5) is 38.9. The third-order valence-corrected chi connectivity index (χ3v) is 4.46. The van der Waals surface area contributed by atoms with E-state index in [1.807, 2.05) is 0 Å². The zero-order valence-electron chi connectivity index (χ0n) is 13.2. The molecule has 124 valence electrons. The van der Waals surface area contributed by atoms with Crippen LogP contribution in [0, 0.1) is 5.82 Å². The lowest BCUT2D eigenvalue weighted by Gasteiger charge is -2.39. The van der Waals surface area contributed by atoms with E-state index >= 15 is 0 Å². The molecular weight excluding hydrogens is 325 g/mol. The smallest absolute Gasteiger partial charge is 0.332 e. The maximum absolute atomic E-state index is 13.8. The Morgan fingerprint density at radius 3 is 2.40 bits per heavy atom. The Morgan fingerprint density at radius 2 is 1.76 bits per heavy atom. The molecule has 2 aromatic rings. The number of halogens is 1. The fourth-order valence-electron chi connectivity index (χ4n) is 3.32. The molecule has 5 nitrogen and oxygen atoms in total. The summed E-state index contributed by atoms with van der Waals surface area (Å²) in [6.45, 7) is 1.58. The van der Waals surface area contributed by atoms with Gasteiger partial charge in [-0.2, -0.15) is 0 Å². The fraction of sp³-hybridized carbons (Fsp3) is 0.105. The molecule has 2 aliphatic heterocycles. The Kier molecular flexibility index (Phi) is 3.12. The van der Waals surface area contributed by atoms with Gasteiger partial charge in [-0.25, -0.2) is 14.1 Å². The van der Waals surface area contributed by atoms with E-state index in [4.69, 9.17) is 4.74 Å². The summed E-state index contributed by atoms with van der Waals surface area (Å²) < 4.78 is 19.1. The minimum atomic E-state index is -1.75. The number of fused-ring (bicyclic) bond motifs is 2. The van der Waals surface area contributed by atoms with Crippen LogP contribution in [0.5, 0.6) is 0 Å². The first-order valence-electron chi connectivity index (χ1n) is 7.61. The highest BCUT2D eigenvalue weighted by atomic mass is 19.1. The lowest BCUT2D eigenvalue weighted by molar-refractivity contribution is -0.156. The molecule has 0 saturated heterocycles. The predicted octanol–water partition coefficient (Wildman–Crippen LogP) is 2.71. The Hall–Kier alpha value is -3.28. The summed E-state index contributed by atoms with van der Waals surface area (Å²) in [5.41, 5.74) is -0.906. The number of ether oxygens (including phenoxy) is 1. The number of hydrogen-bond donors (Lipinski definition) is 0. The van der Waals surface area contributed by atoms with Gasteiger partial charge in [-0.15, -0.1) is 0 Å². The second-order valence-electron chi connectivity index (χ2n) is 5.90. The van der Waals surface area contributed by atoms with Crippen molar-refractivity contribution in [1.82, 2.24) is 0 Å². The van der Waals surface area contributed by atoms with Crippen LogP contribution in [0.2, 0.25) is 0 Å². The van der Waals surface area contributed by atoms with Crippen LogP contribution in [-0.2, 0) is 19.9 Å². The molecule has 1 spiro atoms. The van der Waals surface area contributed by atoms with E-state index in [1.165, 1.54) is 12.1 Å². The highest BCUT2D eigenvalue weighted by Gasteiger charge is 2.57. The number of anilines is 1. The van der Waals surface area contributed by atoms with Crippen LogP contribution in [0.3, 0.4) is 0 Å². The van der Waals surface area contributed by atoms with Crippen molar-refractivity contribution in [3.05, 3.63) is 77.1 Å². The Balaban J connectivity index is 2.02. The zero-order valence-corrected chi connectivity index (χ0v) is 13.2. The average Bonchev–Trinajstić information content (AvgIpc) is 2.89. The van der Waals surface area contributed by atoms with Crippen molar-refractivity contribution in [2.24, 2.45) is 0 Å². The number of hydrogen-bond acceptors (Lipinski definition) is 4. The number of imide groups is 1. The summed E-state index contributed by atoms with van der Waals surface area (Å²) in [7, 11) is 0. The fourth-order valence-corrected chi connectivity index (χ4v) is 3.32. The van der Waals surface area contributed by atoms with Gasteiger partial charge in [-0.1, -0.05) is 24.3 Å². The molecule has 0 radical (unpaired) electrons. The Morgan fingerprint density at radius 1 is 1.04 bits per heavy atom. The standard InChI is InChI=1S/C19H12FNO4/c1-11-9-16(22)25-19(11)15-8-7-12(20)10-14(15)17(23)21(18(19)24)13-5-3-2-4-6-13/h2-10H,1H3. The van der Waals surface area contributed by atoms with Crippen LogP contribution < -0.4 is 4.90 Å². The van der Waals surface area contributed by atoms with Crippen molar-refractivity contribution in [3.63, 3.8) is 0 Å². The molecule has 0 aromatic heterocycles. The minimum absolute atomic E-state index is 0.00842. The summed E-state index contributed by atoms with van der Waals surface area (Å²) in [6, 6.07) is 11.8. The van der Waals surface area contributed by atoms with E-state index in [9.17, 15) is 18.8 Å². The first kappa shape index (κ1) is 15.3. The van der Waals surface area contributed by atoms with E-state index in [0.29, 0.717) is 11.3 Å². The molecule has 4 rings (SSSR count). The second-order valence-corrected chi connectivity index (χ2v) is 5.90. The van der Waals surface area contributed by atoms with Gasteiger partial charge in [0.2, 0.25) is 5.60 Å². The number of benzene rings is 2. The average molecular weight is 337 g/mol. The number of nitrogens with zero attached hydrogens (tertiary/aromatic N) is 1. The molecule has 2 aliphatic rings. The minimum Gasteiger partial charge on any atom is -0.436 e. The first-order chi connectivity index (χ1) is 11.9. The van der Waals surface area contributed by atoms with Gasteiger partial charge in [0.25, 0.3) is 11.8 Å². The molecule has 0 fully saturated rings. The topological polar surface area (TPSA) is 63.7 Å². The molecule has 25 heavy (non-hydrogen) atoms. The lowest BCUT2D eigenvalue weighted by Crippen LogP contribution is -2.55. The third-order valence-electron chi connectivity index (χ3n) is 4.46. The predicted molar refractivity (Wildman–Crippen MR) is 86.2 cm³/mol. The normalized spacial score (nSPS) is 22.1. The van der Waals surface area contributed by atoms with Crippen LogP contribution >= 0.6 is 0 Å². The number of carbonyl (C=O) groups is 3. The highest BCUT2D eigenvalue weighted by molar-refractivity contribution is 6.28. The van der Waals surface area contributed by atoms with Crippen molar-refractivity contribution in [2.45, 2.75) is 12.5 Å². The van der Waals surface area contributed by atoms with E-state index in [-0.39, 0.29) is 11.1 Å².